The Labute approximate surface area is 414 Å². The van der Waals surface area contributed by atoms with E-state index in [-0.39, 0.29) is 12.5 Å². The molecule has 0 fully saturated rings. The smallest absolute Gasteiger partial charge is 0.220 e. The maximum absolute atomic E-state index is 12.5. The van der Waals surface area contributed by atoms with Crippen LogP contribution in [0.2, 0.25) is 0 Å². The van der Waals surface area contributed by atoms with Crippen LogP contribution in [0.3, 0.4) is 0 Å². The molecule has 0 aromatic rings. The average molecular weight is 925 g/mol. The van der Waals surface area contributed by atoms with Gasteiger partial charge in [0.15, 0.2) is 0 Å². The van der Waals surface area contributed by atoms with Gasteiger partial charge in [0.1, 0.15) is 0 Å². The summed E-state index contributed by atoms with van der Waals surface area (Å²) in [6.07, 6.45) is 80.1. The Morgan fingerprint density at radius 2 is 0.636 bits per heavy atom. The van der Waals surface area contributed by atoms with Gasteiger partial charge in [0.05, 0.1) is 18.8 Å². The number of nitrogens with one attached hydrogen (secondary N) is 1. The van der Waals surface area contributed by atoms with Crippen LogP contribution in [0, 0.1) is 0 Å². The molecular formula is C62H117NO3. The van der Waals surface area contributed by atoms with Crippen LogP contribution in [-0.2, 0) is 4.79 Å². The van der Waals surface area contributed by atoms with E-state index in [1.54, 1.807) is 6.08 Å². The number of carbonyl (C=O) groups is 1. The molecule has 0 spiro atoms. The highest BCUT2D eigenvalue weighted by atomic mass is 16.3. The Kier molecular flexibility index (Phi) is 56.2. The van der Waals surface area contributed by atoms with Crippen molar-refractivity contribution in [3.8, 4) is 0 Å². The van der Waals surface area contributed by atoms with Gasteiger partial charge in [-0.15, -0.1) is 0 Å². The number of aliphatic hydroxyl groups is 2. The van der Waals surface area contributed by atoms with E-state index < -0.39 is 12.1 Å². The normalized spacial score (nSPS) is 13.1. The van der Waals surface area contributed by atoms with Crippen LogP contribution in [0.5, 0.6) is 0 Å². The molecule has 0 aromatic heterocycles. The van der Waals surface area contributed by atoms with Crippen LogP contribution in [0.25, 0.3) is 0 Å². The third kappa shape index (κ3) is 53.3. The molecule has 1 amide bonds. The number of rotatable bonds is 55. The third-order valence-electron chi connectivity index (χ3n) is 13.8. The van der Waals surface area contributed by atoms with E-state index in [1.807, 2.05) is 6.08 Å². The number of hydrogen-bond acceptors (Lipinski definition) is 3. The summed E-state index contributed by atoms with van der Waals surface area (Å²) in [6, 6.07) is -0.640. The minimum Gasteiger partial charge on any atom is -0.394 e. The zero-order chi connectivity index (χ0) is 47.7. The molecule has 0 radical (unpaired) electrons. The van der Waals surface area contributed by atoms with E-state index in [4.69, 9.17) is 0 Å². The highest BCUT2D eigenvalue weighted by Crippen LogP contribution is 2.17. The Morgan fingerprint density at radius 1 is 0.364 bits per heavy atom. The van der Waals surface area contributed by atoms with Crippen molar-refractivity contribution >= 4 is 5.91 Å². The zero-order valence-electron chi connectivity index (χ0n) is 44.7. The topological polar surface area (TPSA) is 69.6 Å². The molecule has 0 aliphatic rings. The highest BCUT2D eigenvalue weighted by molar-refractivity contribution is 5.76. The second kappa shape index (κ2) is 57.7. The van der Waals surface area contributed by atoms with Gasteiger partial charge in [0.2, 0.25) is 5.91 Å². The molecular weight excluding hydrogens is 807 g/mol. The number of allylic oxidation sites excluding steroid dienone is 7. The summed E-state index contributed by atoms with van der Waals surface area (Å²) in [5, 5.41) is 23.2. The van der Waals surface area contributed by atoms with Gasteiger partial charge >= 0.3 is 0 Å². The molecule has 4 nitrogen and oxygen atoms in total. The lowest BCUT2D eigenvalue weighted by atomic mass is 10.0. The second-order valence-corrected chi connectivity index (χ2v) is 20.4. The van der Waals surface area contributed by atoms with E-state index in [0.717, 1.165) is 38.5 Å². The predicted octanol–water partition coefficient (Wildman–Crippen LogP) is 19.8. The summed E-state index contributed by atoms with van der Waals surface area (Å²) in [5.41, 5.74) is 0. The molecule has 0 heterocycles. The first-order valence-electron chi connectivity index (χ1n) is 29.9. The lowest BCUT2D eigenvalue weighted by molar-refractivity contribution is -0.123. The fraction of sp³-hybridized carbons (Fsp3) is 0.855. The molecule has 0 saturated carbocycles. The Hall–Kier alpha value is -1.65. The van der Waals surface area contributed by atoms with Gasteiger partial charge in [-0.1, -0.05) is 300 Å². The Morgan fingerprint density at radius 3 is 0.970 bits per heavy atom. The van der Waals surface area contributed by atoms with E-state index in [9.17, 15) is 15.0 Å². The van der Waals surface area contributed by atoms with Gasteiger partial charge in [0, 0.05) is 6.42 Å². The SMILES string of the molecule is CCCCCCCCCCC/C=C\C/C=C\CCCCCCCCCCCCCCCCCC(=O)NC(CO)C(O)/C=C/CC/C=C/CCCCCCCCCCCCCCCCCCC. The van der Waals surface area contributed by atoms with Crippen LogP contribution in [0.15, 0.2) is 48.6 Å². The first-order valence-corrected chi connectivity index (χ1v) is 29.9. The molecule has 0 aromatic carbocycles. The van der Waals surface area contributed by atoms with Crippen molar-refractivity contribution in [1.82, 2.24) is 5.32 Å². The van der Waals surface area contributed by atoms with Crippen molar-refractivity contribution < 1.29 is 15.0 Å². The first-order chi connectivity index (χ1) is 32.7. The molecule has 0 bridgehead atoms. The molecule has 0 rings (SSSR count). The monoisotopic (exact) mass is 924 g/mol. The van der Waals surface area contributed by atoms with Gasteiger partial charge < -0.3 is 15.5 Å². The van der Waals surface area contributed by atoms with E-state index in [0.29, 0.717) is 6.42 Å². The lowest BCUT2D eigenvalue weighted by Gasteiger charge is -2.19. The van der Waals surface area contributed by atoms with E-state index in [1.165, 1.54) is 263 Å². The number of carbonyl (C=O) groups excluding carboxylic acids is 1. The molecule has 388 valence electrons. The minimum absolute atomic E-state index is 0.0702. The quantitative estimate of drug-likeness (QED) is 0.0420. The highest BCUT2D eigenvalue weighted by Gasteiger charge is 2.18. The van der Waals surface area contributed by atoms with Gasteiger partial charge in [-0.05, 0) is 64.2 Å². The molecule has 66 heavy (non-hydrogen) atoms. The number of hydrogen-bond donors (Lipinski definition) is 3. The molecule has 0 aliphatic heterocycles. The van der Waals surface area contributed by atoms with E-state index in [2.05, 4.69) is 55.6 Å². The minimum atomic E-state index is -0.864. The van der Waals surface area contributed by atoms with Gasteiger partial charge in [0.25, 0.3) is 0 Å². The van der Waals surface area contributed by atoms with Crippen LogP contribution in [-0.4, -0.2) is 34.9 Å². The lowest BCUT2D eigenvalue weighted by Crippen LogP contribution is -2.45. The van der Waals surface area contributed by atoms with Gasteiger partial charge in [-0.25, -0.2) is 0 Å². The summed E-state index contributed by atoms with van der Waals surface area (Å²) in [6.45, 7) is 4.33. The summed E-state index contributed by atoms with van der Waals surface area (Å²) >= 11 is 0. The molecule has 3 N–H and O–H groups in total. The second-order valence-electron chi connectivity index (χ2n) is 20.4. The standard InChI is InChI=1S/C62H117NO3/c1-3-5-7-9-11-13-15-17-19-21-23-25-27-28-29-30-31-32-33-34-36-38-40-42-44-46-48-50-52-54-56-58-62(66)63-60(59-64)61(65)57-55-53-51-49-47-45-43-41-39-37-35-26-24-22-20-18-16-14-12-10-8-6-4-2/h23,25,28-29,47,49,55,57,60-61,64-65H,3-22,24,26-27,30-46,48,50-54,56,58-59H2,1-2H3,(H,63,66)/b25-23-,29-28-,49-47+,57-55+. The number of aliphatic hydroxyl groups excluding tert-OH is 2. The van der Waals surface area contributed by atoms with Crippen LogP contribution < -0.4 is 5.32 Å². The average Bonchev–Trinajstić information content (AvgIpc) is 3.32. The van der Waals surface area contributed by atoms with Crippen molar-refractivity contribution in [2.75, 3.05) is 6.61 Å². The van der Waals surface area contributed by atoms with Crippen LogP contribution in [0.4, 0.5) is 0 Å². The third-order valence-corrected chi connectivity index (χ3v) is 13.8. The van der Waals surface area contributed by atoms with Crippen molar-refractivity contribution in [3.63, 3.8) is 0 Å². The summed E-state index contributed by atoms with van der Waals surface area (Å²) in [4.78, 5) is 12.5. The Balaban J connectivity index is 3.50. The van der Waals surface area contributed by atoms with Gasteiger partial charge in [-0.2, -0.15) is 0 Å². The summed E-state index contributed by atoms with van der Waals surface area (Å²) < 4.78 is 0. The van der Waals surface area contributed by atoms with E-state index >= 15 is 0 Å². The predicted molar refractivity (Wildman–Crippen MR) is 295 cm³/mol. The van der Waals surface area contributed by atoms with Crippen molar-refractivity contribution in [2.24, 2.45) is 0 Å². The Bertz CT molecular complexity index is 1050. The fourth-order valence-corrected chi connectivity index (χ4v) is 9.23. The first kappa shape index (κ1) is 64.3. The van der Waals surface area contributed by atoms with Crippen molar-refractivity contribution in [1.29, 1.82) is 0 Å². The maximum Gasteiger partial charge on any atom is 0.220 e. The molecule has 0 aliphatic carbocycles. The zero-order valence-corrected chi connectivity index (χ0v) is 44.7. The van der Waals surface area contributed by atoms with Crippen molar-refractivity contribution in [3.05, 3.63) is 48.6 Å². The fourth-order valence-electron chi connectivity index (χ4n) is 9.23. The molecule has 2 unspecified atom stereocenters. The van der Waals surface area contributed by atoms with Crippen LogP contribution >= 0.6 is 0 Å². The maximum atomic E-state index is 12.5. The number of unbranched alkanes of at least 4 members (excludes halogenated alkanes) is 42. The van der Waals surface area contributed by atoms with Gasteiger partial charge in [-0.3, -0.25) is 4.79 Å². The number of amides is 1. The molecule has 4 heteroatoms. The summed E-state index contributed by atoms with van der Waals surface area (Å²) in [7, 11) is 0. The molecule has 2 atom stereocenters. The largest absolute Gasteiger partial charge is 0.394 e. The molecule has 0 saturated heterocycles. The van der Waals surface area contributed by atoms with Crippen LogP contribution in [0.1, 0.15) is 322 Å². The summed E-state index contributed by atoms with van der Waals surface area (Å²) in [5.74, 6) is -0.0702. The van der Waals surface area contributed by atoms with Crippen molar-refractivity contribution in [2.45, 2.75) is 334 Å².